The standard InChI is InChI=1S/C9H7FN4O5S/c1-20(18,19)13-8-9(15)12-6-3-7(14(16)17)4(10)2-5(6)11-8/h2-3H,1H3,(H,11,13)(H,12,15). The Bertz CT molecular complexity index is 876. The van der Waals surface area contributed by atoms with E-state index in [-0.39, 0.29) is 11.0 Å². The SMILES string of the molecule is CS(=O)(=O)Nc1nc2cc(F)c([N+](=O)[O-])cc2[nH]c1=O. The van der Waals surface area contributed by atoms with Crippen LogP contribution in [0, 0.1) is 15.9 Å². The molecule has 0 aliphatic rings. The van der Waals surface area contributed by atoms with E-state index in [2.05, 4.69) is 9.97 Å². The Morgan fingerprint density at radius 3 is 2.65 bits per heavy atom. The van der Waals surface area contributed by atoms with Gasteiger partial charge in [0.1, 0.15) is 0 Å². The number of anilines is 1. The van der Waals surface area contributed by atoms with Crippen LogP contribution in [0.1, 0.15) is 0 Å². The maximum Gasteiger partial charge on any atom is 0.307 e. The van der Waals surface area contributed by atoms with Crippen LogP contribution in [0.2, 0.25) is 0 Å². The Morgan fingerprint density at radius 1 is 1.45 bits per heavy atom. The number of fused-ring (bicyclic) bond motifs is 1. The molecule has 0 radical (unpaired) electrons. The van der Waals surface area contributed by atoms with E-state index in [1.54, 1.807) is 0 Å². The Balaban J connectivity index is 2.69. The summed E-state index contributed by atoms with van der Waals surface area (Å²) in [6.45, 7) is 0. The number of sulfonamides is 1. The lowest BCUT2D eigenvalue weighted by Crippen LogP contribution is -2.20. The number of aromatic amines is 1. The van der Waals surface area contributed by atoms with Crippen molar-refractivity contribution in [1.29, 1.82) is 0 Å². The van der Waals surface area contributed by atoms with Crippen molar-refractivity contribution in [3.05, 3.63) is 38.4 Å². The van der Waals surface area contributed by atoms with Crippen LogP contribution in [-0.2, 0) is 10.0 Å². The first kappa shape index (κ1) is 13.9. The lowest BCUT2D eigenvalue weighted by atomic mass is 10.2. The summed E-state index contributed by atoms with van der Waals surface area (Å²) in [4.78, 5) is 27.0. The number of aromatic nitrogens is 2. The van der Waals surface area contributed by atoms with Crippen molar-refractivity contribution in [2.24, 2.45) is 0 Å². The van der Waals surface area contributed by atoms with Crippen LogP contribution in [0.15, 0.2) is 16.9 Å². The average molecular weight is 302 g/mol. The number of benzene rings is 1. The van der Waals surface area contributed by atoms with Crippen LogP contribution < -0.4 is 10.3 Å². The van der Waals surface area contributed by atoms with Gasteiger partial charge in [0.2, 0.25) is 21.7 Å². The van der Waals surface area contributed by atoms with Gasteiger partial charge in [-0.15, -0.1) is 0 Å². The highest BCUT2D eigenvalue weighted by Gasteiger charge is 2.17. The van der Waals surface area contributed by atoms with E-state index in [0.717, 1.165) is 18.4 Å². The van der Waals surface area contributed by atoms with Crippen LogP contribution in [-0.4, -0.2) is 29.6 Å². The quantitative estimate of drug-likeness (QED) is 0.620. The van der Waals surface area contributed by atoms with E-state index < -0.39 is 37.8 Å². The maximum atomic E-state index is 13.4. The van der Waals surface area contributed by atoms with Crippen molar-refractivity contribution < 1.29 is 17.7 Å². The minimum absolute atomic E-state index is 0.0813. The molecule has 2 rings (SSSR count). The molecule has 1 heterocycles. The van der Waals surface area contributed by atoms with Crippen molar-refractivity contribution >= 4 is 32.6 Å². The highest BCUT2D eigenvalue weighted by Crippen LogP contribution is 2.22. The summed E-state index contributed by atoms with van der Waals surface area (Å²) >= 11 is 0. The molecular weight excluding hydrogens is 295 g/mol. The number of hydrogen-bond acceptors (Lipinski definition) is 6. The van der Waals surface area contributed by atoms with Crippen molar-refractivity contribution in [2.45, 2.75) is 0 Å². The highest BCUT2D eigenvalue weighted by atomic mass is 32.2. The molecule has 2 aromatic rings. The molecule has 0 unspecified atom stereocenters. The molecule has 0 saturated carbocycles. The van der Waals surface area contributed by atoms with Gasteiger partial charge in [0.05, 0.1) is 22.2 Å². The van der Waals surface area contributed by atoms with Crippen LogP contribution in [0.25, 0.3) is 11.0 Å². The molecule has 1 aromatic heterocycles. The summed E-state index contributed by atoms with van der Waals surface area (Å²) in [7, 11) is -3.73. The predicted molar refractivity (Wildman–Crippen MR) is 67.4 cm³/mol. The van der Waals surface area contributed by atoms with Crippen molar-refractivity contribution in [2.75, 3.05) is 11.0 Å². The fourth-order valence-electron chi connectivity index (χ4n) is 1.48. The second-order valence-corrected chi connectivity index (χ2v) is 5.62. The first-order valence-corrected chi connectivity index (χ1v) is 6.92. The van der Waals surface area contributed by atoms with Gasteiger partial charge in [0.25, 0.3) is 5.56 Å². The Hall–Kier alpha value is -2.56. The second kappa shape index (κ2) is 4.52. The summed E-state index contributed by atoms with van der Waals surface area (Å²) in [5.74, 6) is -1.69. The molecule has 0 aliphatic heterocycles. The molecule has 1 aromatic carbocycles. The van der Waals surface area contributed by atoms with Gasteiger partial charge in [-0.2, -0.15) is 4.39 Å². The third-order valence-electron chi connectivity index (χ3n) is 2.24. The molecule has 106 valence electrons. The van der Waals surface area contributed by atoms with Gasteiger partial charge in [-0.25, -0.2) is 13.4 Å². The van der Waals surface area contributed by atoms with Crippen molar-refractivity contribution in [3.63, 3.8) is 0 Å². The molecule has 11 heteroatoms. The zero-order chi connectivity index (χ0) is 15.1. The minimum Gasteiger partial charge on any atom is -0.317 e. The molecule has 20 heavy (non-hydrogen) atoms. The molecule has 0 amide bonds. The summed E-state index contributed by atoms with van der Waals surface area (Å²) in [6, 6.07) is 1.54. The lowest BCUT2D eigenvalue weighted by molar-refractivity contribution is -0.387. The number of nitrogens with one attached hydrogen (secondary N) is 2. The molecule has 9 nitrogen and oxygen atoms in total. The van der Waals surface area contributed by atoms with E-state index in [1.165, 1.54) is 0 Å². The van der Waals surface area contributed by atoms with E-state index in [0.29, 0.717) is 0 Å². The van der Waals surface area contributed by atoms with Gasteiger partial charge in [-0.05, 0) is 0 Å². The van der Waals surface area contributed by atoms with Crippen molar-refractivity contribution in [1.82, 2.24) is 9.97 Å². The summed E-state index contributed by atoms with van der Waals surface area (Å²) in [5.41, 5.74) is -1.93. The van der Waals surface area contributed by atoms with Gasteiger partial charge < -0.3 is 4.98 Å². The number of nitrogens with zero attached hydrogens (tertiary/aromatic N) is 2. The molecule has 0 bridgehead atoms. The molecule has 0 spiro atoms. The molecule has 0 aliphatic carbocycles. The number of nitro benzene ring substituents is 1. The molecular formula is C9H7FN4O5S. The lowest BCUT2D eigenvalue weighted by Gasteiger charge is -2.04. The maximum absolute atomic E-state index is 13.4. The Morgan fingerprint density at radius 2 is 2.10 bits per heavy atom. The van der Waals surface area contributed by atoms with Gasteiger partial charge in [0.15, 0.2) is 0 Å². The third kappa shape index (κ3) is 2.71. The first-order valence-electron chi connectivity index (χ1n) is 5.03. The van der Waals surface area contributed by atoms with E-state index >= 15 is 0 Å². The highest BCUT2D eigenvalue weighted by molar-refractivity contribution is 7.92. The third-order valence-corrected chi connectivity index (χ3v) is 2.80. The fourth-order valence-corrected chi connectivity index (χ4v) is 1.97. The van der Waals surface area contributed by atoms with Gasteiger partial charge >= 0.3 is 5.69 Å². The topological polar surface area (TPSA) is 135 Å². The zero-order valence-electron chi connectivity index (χ0n) is 9.88. The number of nitro groups is 1. The Labute approximate surface area is 110 Å². The van der Waals surface area contributed by atoms with Gasteiger partial charge in [-0.1, -0.05) is 0 Å². The van der Waals surface area contributed by atoms with E-state index in [1.807, 2.05) is 4.72 Å². The minimum atomic E-state index is -3.73. The van der Waals surface area contributed by atoms with Gasteiger partial charge in [0, 0.05) is 12.1 Å². The number of H-pyrrole nitrogens is 1. The Kier molecular flexibility index (Phi) is 3.13. The first-order chi connectivity index (χ1) is 9.17. The molecule has 0 atom stereocenters. The fraction of sp³-hybridized carbons (Fsp3) is 0.111. The van der Waals surface area contributed by atoms with E-state index in [4.69, 9.17) is 0 Å². The van der Waals surface area contributed by atoms with E-state index in [9.17, 15) is 27.7 Å². The smallest absolute Gasteiger partial charge is 0.307 e. The van der Waals surface area contributed by atoms with Crippen LogP contribution in [0.5, 0.6) is 0 Å². The molecule has 0 saturated heterocycles. The summed E-state index contributed by atoms with van der Waals surface area (Å²) < 4.78 is 37.4. The molecule has 0 fully saturated rings. The second-order valence-electron chi connectivity index (χ2n) is 3.87. The zero-order valence-corrected chi connectivity index (χ0v) is 10.7. The summed E-state index contributed by atoms with van der Waals surface area (Å²) in [6.07, 6.45) is 0.814. The summed E-state index contributed by atoms with van der Waals surface area (Å²) in [5, 5.41) is 10.6. The largest absolute Gasteiger partial charge is 0.317 e. The molecule has 2 N–H and O–H groups in total. The van der Waals surface area contributed by atoms with Crippen LogP contribution in [0.4, 0.5) is 15.9 Å². The monoisotopic (exact) mass is 302 g/mol. The van der Waals surface area contributed by atoms with Crippen molar-refractivity contribution in [3.8, 4) is 0 Å². The van der Waals surface area contributed by atoms with Gasteiger partial charge in [-0.3, -0.25) is 19.6 Å². The predicted octanol–water partition coefficient (Wildman–Crippen LogP) is 0.342. The average Bonchev–Trinajstić information content (AvgIpc) is 2.28. The normalized spacial score (nSPS) is 11.5. The van der Waals surface area contributed by atoms with Crippen LogP contribution >= 0.6 is 0 Å². The number of halogens is 1. The number of rotatable bonds is 3. The van der Waals surface area contributed by atoms with Crippen LogP contribution in [0.3, 0.4) is 0 Å². The number of hydrogen-bond donors (Lipinski definition) is 2.